The quantitative estimate of drug-likeness (QED) is 0.623. The molecule has 0 fully saturated rings. The Morgan fingerprint density at radius 1 is 1.64 bits per heavy atom. The van der Waals surface area contributed by atoms with E-state index in [-0.39, 0.29) is 5.56 Å². The number of anilines is 1. The van der Waals surface area contributed by atoms with Gasteiger partial charge in [-0.25, -0.2) is 4.98 Å². The molecule has 0 atom stereocenters. The fourth-order valence-electron chi connectivity index (χ4n) is 1.17. The van der Waals surface area contributed by atoms with Crippen LogP contribution in [0.2, 0.25) is 0 Å². The van der Waals surface area contributed by atoms with Crippen molar-refractivity contribution in [3.63, 3.8) is 0 Å². The zero-order valence-electron chi connectivity index (χ0n) is 8.34. The van der Waals surface area contributed by atoms with Crippen molar-refractivity contribution in [1.29, 1.82) is 0 Å². The lowest BCUT2D eigenvalue weighted by atomic mass is 10.2. The summed E-state index contributed by atoms with van der Waals surface area (Å²) < 4.78 is 0. The fourth-order valence-corrected chi connectivity index (χ4v) is 1.17. The number of aromatic nitrogens is 2. The summed E-state index contributed by atoms with van der Waals surface area (Å²) in [4.78, 5) is 18.0. The molecular formula is C9H16N4O. The third-order valence-corrected chi connectivity index (χ3v) is 1.74. The molecule has 0 aliphatic carbocycles. The first-order chi connectivity index (χ1) is 6.76. The predicted octanol–water partition coefficient (Wildman–Crippen LogP) is 0.0930. The van der Waals surface area contributed by atoms with Crippen molar-refractivity contribution in [2.24, 2.45) is 5.73 Å². The Bertz CT molecular complexity index is 334. The van der Waals surface area contributed by atoms with E-state index in [9.17, 15) is 4.79 Å². The molecule has 1 aromatic rings. The number of nitrogens with one attached hydrogen (secondary N) is 2. The first kappa shape index (κ1) is 10.7. The second-order valence-corrected chi connectivity index (χ2v) is 3.05. The van der Waals surface area contributed by atoms with Crippen molar-refractivity contribution >= 4 is 5.95 Å². The van der Waals surface area contributed by atoms with Gasteiger partial charge in [0.05, 0.1) is 0 Å². The predicted molar refractivity (Wildman–Crippen MR) is 56.4 cm³/mol. The van der Waals surface area contributed by atoms with Gasteiger partial charge in [-0.1, -0.05) is 13.3 Å². The molecule has 5 nitrogen and oxygen atoms in total. The molecule has 1 heterocycles. The van der Waals surface area contributed by atoms with E-state index in [0.717, 1.165) is 18.5 Å². The van der Waals surface area contributed by atoms with Crippen molar-refractivity contribution in [3.05, 3.63) is 22.1 Å². The maximum atomic E-state index is 11.2. The largest absolute Gasteiger partial charge is 0.354 e. The topological polar surface area (TPSA) is 83.8 Å². The van der Waals surface area contributed by atoms with Gasteiger partial charge in [0, 0.05) is 24.8 Å². The molecule has 0 amide bonds. The Balaban J connectivity index is 2.78. The van der Waals surface area contributed by atoms with Crippen molar-refractivity contribution < 1.29 is 0 Å². The lowest BCUT2D eigenvalue weighted by Gasteiger charge is -2.04. The van der Waals surface area contributed by atoms with Gasteiger partial charge in [0.15, 0.2) is 0 Å². The third-order valence-electron chi connectivity index (χ3n) is 1.74. The molecule has 1 aromatic heterocycles. The molecular weight excluding hydrogens is 180 g/mol. The van der Waals surface area contributed by atoms with E-state index in [1.54, 1.807) is 0 Å². The van der Waals surface area contributed by atoms with Crippen LogP contribution in [0.4, 0.5) is 5.95 Å². The van der Waals surface area contributed by atoms with Gasteiger partial charge in [0.2, 0.25) is 5.95 Å². The van der Waals surface area contributed by atoms with E-state index >= 15 is 0 Å². The summed E-state index contributed by atoms with van der Waals surface area (Å²) in [7, 11) is 0. The molecule has 14 heavy (non-hydrogen) atoms. The first-order valence-corrected chi connectivity index (χ1v) is 4.80. The van der Waals surface area contributed by atoms with Gasteiger partial charge < -0.3 is 11.1 Å². The minimum absolute atomic E-state index is 0.122. The SMILES string of the molecule is CCCc1cc(=O)[nH]c(NCCN)n1. The summed E-state index contributed by atoms with van der Waals surface area (Å²) in [6.45, 7) is 3.18. The van der Waals surface area contributed by atoms with Gasteiger partial charge in [0.25, 0.3) is 5.56 Å². The zero-order valence-corrected chi connectivity index (χ0v) is 8.34. The maximum Gasteiger partial charge on any atom is 0.252 e. The number of nitrogens with zero attached hydrogens (tertiary/aromatic N) is 1. The van der Waals surface area contributed by atoms with Crippen molar-refractivity contribution in [3.8, 4) is 0 Å². The van der Waals surface area contributed by atoms with Crippen LogP contribution in [0.15, 0.2) is 10.9 Å². The van der Waals surface area contributed by atoms with Crippen LogP contribution in [0.3, 0.4) is 0 Å². The number of aryl methyl sites for hydroxylation is 1. The van der Waals surface area contributed by atoms with Crippen LogP contribution in [-0.2, 0) is 6.42 Å². The number of nitrogens with two attached hydrogens (primary N) is 1. The van der Waals surface area contributed by atoms with Crippen LogP contribution in [0, 0.1) is 0 Å². The van der Waals surface area contributed by atoms with E-state index in [2.05, 4.69) is 22.2 Å². The molecule has 0 aliphatic heterocycles. The van der Waals surface area contributed by atoms with Gasteiger partial charge in [-0.05, 0) is 6.42 Å². The maximum absolute atomic E-state index is 11.2. The van der Waals surface area contributed by atoms with Gasteiger partial charge >= 0.3 is 0 Å². The van der Waals surface area contributed by atoms with Crippen molar-refractivity contribution in [2.75, 3.05) is 18.4 Å². The Labute approximate surface area is 82.7 Å². The molecule has 0 unspecified atom stereocenters. The number of hydrogen-bond acceptors (Lipinski definition) is 4. The van der Waals surface area contributed by atoms with Crippen LogP contribution in [0.25, 0.3) is 0 Å². The first-order valence-electron chi connectivity index (χ1n) is 4.80. The molecule has 0 spiro atoms. The minimum Gasteiger partial charge on any atom is -0.354 e. The molecule has 5 heteroatoms. The van der Waals surface area contributed by atoms with Gasteiger partial charge in [-0.2, -0.15) is 0 Å². The van der Waals surface area contributed by atoms with Gasteiger partial charge in [-0.15, -0.1) is 0 Å². The molecule has 78 valence electrons. The highest BCUT2D eigenvalue weighted by Gasteiger charge is 1.99. The summed E-state index contributed by atoms with van der Waals surface area (Å²) in [6.07, 6.45) is 1.80. The highest BCUT2D eigenvalue weighted by molar-refractivity contribution is 5.24. The Hall–Kier alpha value is -1.36. The Morgan fingerprint density at radius 2 is 2.43 bits per heavy atom. The number of aromatic amines is 1. The highest BCUT2D eigenvalue weighted by Crippen LogP contribution is 1.99. The number of rotatable bonds is 5. The average Bonchev–Trinajstić information content (AvgIpc) is 2.14. The monoisotopic (exact) mass is 196 g/mol. The van der Waals surface area contributed by atoms with Gasteiger partial charge in [0.1, 0.15) is 0 Å². The number of hydrogen-bond donors (Lipinski definition) is 3. The molecule has 1 rings (SSSR count). The molecule has 0 bridgehead atoms. The van der Waals surface area contributed by atoms with E-state index in [1.165, 1.54) is 6.07 Å². The van der Waals surface area contributed by atoms with Crippen LogP contribution in [0.1, 0.15) is 19.0 Å². The van der Waals surface area contributed by atoms with E-state index < -0.39 is 0 Å². The fraction of sp³-hybridized carbons (Fsp3) is 0.556. The summed E-state index contributed by atoms with van der Waals surface area (Å²) in [5, 5.41) is 2.94. The third kappa shape index (κ3) is 3.18. The second-order valence-electron chi connectivity index (χ2n) is 3.05. The van der Waals surface area contributed by atoms with Crippen LogP contribution < -0.4 is 16.6 Å². The average molecular weight is 196 g/mol. The lowest BCUT2D eigenvalue weighted by Crippen LogP contribution is -2.18. The van der Waals surface area contributed by atoms with Crippen molar-refractivity contribution in [1.82, 2.24) is 9.97 Å². The molecule has 0 saturated heterocycles. The molecule has 0 saturated carbocycles. The summed E-state index contributed by atoms with van der Waals surface area (Å²) in [5.41, 5.74) is 6.02. The van der Waals surface area contributed by atoms with E-state index in [4.69, 9.17) is 5.73 Å². The molecule has 0 aromatic carbocycles. The Morgan fingerprint density at radius 3 is 3.07 bits per heavy atom. The molecule has 4 N–H and O–H groups in total. The van der Waals surface area contributed by atoms with E-state index in [0.29, 0.717) is 19.0 Å². The molecule has 0 aliphatic rings. The number of H-pyrrole nitrogens is 1. The summed E-state index contributed by atoms with van der Waals surface area (Å²) >= 11 is 0. The van der Waals surface area contributed by atoms with Gasteiger partial charge in [-0.3, -0.25) is 9.78 Å². The Kier molecular flexibility index (Phi) is 4.12. The van der Waals surface area contributed by atoms with Crippen molar-refractivity contribution in [2.45, 2.75) is 19.8 Å². The summed E-state index contributed by atoms with van der Waals surface area (Å²) in [6, 6.07) is 1.52. The summed E-state index contributed by atoms with van der Waals surface area (Å²) in [5.74, 6) is 0.506. The lowest BCUT2D eigenvalue weighted by molar-refractivity contribution is 0.862. The smallest absolute Gasteiger partial charge is 0.252 e. The second kappa shape index (κ2) is 5.39. The minimum atomic E-state index is -0.122. The standard InChI is InChI=1S/C9H16N4O/c1-2-3-7-6-8(14)13-9(12-7)11-5-4-10/h6H,2-5,10H2,1H3,(H2,11,12,13,14). The highest BCUT2D eigenvalue weighted by atomic mass is 16.1. The molecule has 0 radical (unpaired) electrons. The van der Waals surface area contributed by atoms with Crippen LogP contribution >= 0.6 is 0 Å². The normalized spacial score (nSPS) is 10.1. The zero-order chi connectivity index (χ0) is 10.4. The van der Waals surface area contributed by atoms with Crippen LogP contribution in [0.5, 0.6) is 0 Å². The van der Waals surface area contributed by atoms with Crippen LogP contribution in [-0.4, -0.2) is 23.1 Å². The van der Waals surface area contributed by atoms with E-state index in [1.807, 2.05) is 0 Å².